The number of carboxylic acids is 1. The maximum Gasteiger partial charge on any atom is 0.303 e. The van der Waals surface area contributed by atoms with Crippen LogP contribution in [0.1, 0.15) is 28.8 Å². The number of oxime groups is 1. The Hall–Kier alpha value is -3.55. The number of anilines is 1. The summed E-state index contributed by atoms with van der Waals surface area (Å²) in [4.78, 5) is 23.0. The molecule has 0 aliphatic heterocycles. The highest BCUT2D eigenvalue weighted by molar-refractivity contribution is 6.05. The Kier molecular flexibility index (Phi) is 6.76. The average Bonchev–Trinajstić information content (AvgIpc) is 2.68. The van der Waals surface area contributed by atoms with Crippen LogP contribution in [0.5, 0.6) is 11.5 Å². The number of carbonyl (C=O) groups excluding carboxylic acids is 1. The molecule has 2 aromatic carbocycles. The SMILES string of the molecule is COc1ccc(C(=O)Nc2ccc(/C(CCC(=O)O)=N\O)cc2)cc1OC. The zero-order valence-corrected chi connectivity index (χ0v) is 14.9. The third kappa shape index (κ3) is 5.21. The molecule has 0 radical (unpaired) electrons. The Morgan fingerprint density at radius 1 is 0.963 bits per heavy atom. The van der Waals surface area contributed by atoms with Crippen LogP contribution in [-0.2, 0) is 4.79 Å². The molecule has 0 aromatic heterocycles. The number of carbonyl (C=O) groups is 2. The molecule has 8 heteroatoms. The standard InChI is InChI=1S/C19H20N2O6/c1-26-16-9-5-13(11-17(16)27-2)19(24)20-14-6-3-12(4-7-14)15(21-25)8-10-18(22)23/h3-7,9,11,25H,8,10H2,1-2H3,(H,20,24)(H,22,23)/b21-15-. The molecule has 0 saturated carbocycles. The van der Waals surface area contributed by atoms with Gasteiger partial charge >= 0.3 is 5.97 Å². The summed E-state index contributed by atoms with van der Waals surface area (Å²) in [6.07, 6.45) is -0.0413. The van der Waals surface area contributed by atoms with E-state index in [2.05, 4.69) is 10.5 Å². The van der Waals surface area contributed by atoms with Gasteiger partial charge in [0.25, 0.3) is 5.91 Å². The van der Waals surface area contributed by atoms with Crippen LogP contribution in [-0.4, -0.2) is 42.1 Å². The highest BCUT2D eigenvalue weighted by Crippen LogP contribution is 2.27. The second-order valence-corrected chi connectivity index (χ2v) is 5.54. The quantitative estimate of drug-likeness (QED) is 0.372. The van der Waals surface area contributed by atoms with Crippen LogP contribution in [0.15, 0.2) is 47.6 Å². The lowest BCUT2D eigenvalue weighted by molar-refractivity contribution is -0.136. The predicted molar refractivity (Wildman–Crippen MR) is 99.1 cm³/mol. The van der Waals surface area contributed by atoms with Crippen molar-refractivity contribution >= 4 is 23.3 Å². The van der Waals surface area contributed by atoms with Crippen molar-refractivity contribution in [3.63, 3.8) is 0 Å². The van der Waals surface area contributed by atoms with Crippen molar-refractivity contribution in [2.75, 3.05) is 19.5 Å². The van der Waals surface area contributed by atoms with Crippen LogP contribution < -0.4 is 14.8 Å². The smallest absolute Gasteiger partial charge is 0.303 e. The lowest BCUT2D eigenvalue weighted by atomic mass is 10.1. The number of ether oxygens (including phenoxy) is 2. The lowest BCUT2D eigenvalue weighted by Gasteiger charge is -2.10. The van der Waals surface area contributed by atoms with Gasteiger partial charge in [0, 0.05) is 17.7 Å². The summed E-state index contributed by atoms with van der Waals surface area (Å²) in [5, 5.41) is 23.7. The van der Waals surface area contributed by atoms with Crippen LogP contribution in [0.4, 0.5) is 5.69 Å². The fourth-order valence-corrected chi connectivity index (χ4v) is 2.40. The topological polar surface area (TPSA) is 117 Å². The highest BCUT2D eigenvalue weighted by Gasteiger charge is 2.12. The van der Waals surface area contributed by atoms with Crippen molar-refractivity contribution in [3.8, 4) is 11.5 Å². The zero-order chi connectivity index (χ0) is 19.8. The average molecular weight is 372 g/mol. The largest absolute Gasteiger partial charge is 0.493 e. The first-order valence-corrected chi connectivity index (χ1v) is 8.05. The predicted octanol–water partition coefficient (Wildman–Crippen LogP) is 3.00. The number of methoxy groups -OCH3 is 2. The minimum Gasteiger partial charge on any atom is -0.493 e. The molecule has 27 heavy (non-hydrogen) atoms. The minimum absolute atomic E-state index is 0.100. The maximum atomic E-state index is 12.4. The summed E-state index contributed by atoms with van der Waals surface area (Å²) in [6, 6.07) is 11.4. The number of nitrogens with one attached hydrogen (secondary N) is 1. The van der Waals surface area contributed by atoms with Gasteiger partial charge in [0.2, 0.25) is 0 Å². The Balaban J connectivity index is 2.09. The number of amides is 1. The monoisotopic (exact) mass is 372 g/mol. The molecule has 2 rings (SSSR count). The maximum absolute atomic E-state index is 12.4. The van der Waals surface area contributed by atoms with Crippen molar-refractivity contribution in [2.45, 2.75) is 12.8 Å². The van der Waals surface area contributed by atoms with Crippen molar-refractivity contribution in [2.24, 2.45) is 5.16 Å². The highest BCUT2D eigenvalue weighted by atomic mass is 16.5. The molecule has 0 saturated heterocycles. The van der Waals surface area contributed by atoms with E-state index in [1.165, 1.54) is 14.2 Å². The van der Waals surface area contributed by atoms with Crippen molar-refractivity contribution in [3.05, 3.63) is 53.6 Å². The Morgan fingerprint density at radius 3 is 2.15 bits per heavy atom. The van der Waals surface area contributed by atoms with E-state index in [0.29, 0.717) is 28.3 Å². The van der Waals surface area contributed by atoms with Crippen LogP contribution >= 0.6 is 0 Å². The van der Waals surface area contributed by atoms with Gasteiger partial charge in [-0.25, -0.2) is 0 Å². The third-order valence-corrected chi connectivity index (χ3v) is 3.82. The van der Waals surface area contributed by atoms with Gasteiger partial charge in [0.05, 0.1) is 26.4 Å². The number of nitrogens with zero attached hydrogens (tertiary/aromatic N) is 1. The second kappa shape index (κ2) is 9.23. The number of aliphatic carboxylic acids is 1. The molecule has 0 atom stereocenters. The van der Waals surface area contributed by atoms with Crippen LogP contribution in [0, 0.1) is 0 Å². The summed E-state index contributed by atoms with van der Waals surface area (Å²) in [5.74, 6) is -0.334. The van der Waals surface area contributed by atoms with Gasteiger partial charge < -0.3 is 25.1 Å². The van der Waals surface area contributed by atoms with E-state index in [1.54, 1.807) is 42.5 Å². The second-order valence-electron chi connectivity index (χ2n) is 5.54. The number of hydrogen-bond donors (Lipinski definition) is 3. The Bertz CT molecular complexity index is 846. The lowest BCUT2D eigenvalue weighted by Crippen LogP contribution is -2.12. The van der Waals surface area contributed by atoms with E-state index < -0.39 is 5.97 Å². The van der Waals surface area contributed by atoms with Gasteiger partial charge in [0.15, 0.2) is 11.5 Å². The normalized spacial score (nSPS) is 11.0. The first-order valence-electron chi connectivity index (χ1n) is 8.05. The third-order valence-electron chi connectivity index (χ3n) is 3.82. The first kappa shape index (κ1) is 19.8. The molecular formula is C19H20N2O6. The molecule has 142 valence electrons. The molecule has 8 nitrogen and oxygen atoms in total. The van der Waals surface area contributed by atoms with Crippen LogP contribution in [0.3, 0.4) is 0 Å². The zero-order valence-electron chi connectivity index (χ0n) is 14.9. The molecule has 0 fully saturated rings. The number of benzene rings is 2. The van der Waals surface area contributed by atoms with Crippen LogP contribution in [0.2, 0.25) is 0 Å². The molecule has 0 aliphatic carbocycles. The summed E-state index contributed by atoms with van der Waals surface area (Å²) in [6.45, 7) is 0. The van der Waals surface area contributed by atoms with E-state index >= 15 is 0 Å². The van der Waals surface area contributed by atoms with E-state index in [4.69, 9.17) is 19.8 Å². The molecule has 0 unspecified atom stereocenters. The molecule has 2 aromatic rings. The molecule has 1 amide bonds. The van der Waals surface area contributed by atoms with Gasteiger partial charge in [-0.05, 0) is 35.9 Å². The van der Waals surface area contributed by atoms with E-state index in [0.717, 1.165) is 0 Å². The summed E-state index contributed by atoms with van der Waals surface area (Å²) >= 11 is 0. The fraction of sp³-hybridized carbons (Fsp3) is 0.211. The molecule has 0 spiro atoms. The van der Waals surface area contributed by atoms with Crippen LogP contribution in [0.25, 0.3) is 0 Å². The molecule has 3 N–H and O–H groups in total. The van der Waals surface area contributed by atoms with Crippen molar-refractivity contribution < 1.29 is 29.4 Å². The van der Waals surface area contributed by atoms with Gasteiger partial charge in [-0.1, -0.05) is 17.3 Å². The van der Waals surface area contributed by atoms with Crippen molar-refractivity contribution in [1.29, 1.82) is 0 Å². The summed E-state index contributed by atoms with van der Waals surface area (Å²) in [5.41, 5.74) is 1.77. The Labute approximate surface area is 156 Å². The Morgan fingerprint density at radius 2 is 1.59 bits per heavy atom. The molecule has 0 bridgehead atoms. The van der Waals surface area contributed by atoms with E-state index in [9.17, 15) is 9.59 Å². The number of hydrogen-bond acceptors (Lipinski definition) is 6. The summed E-state index contributed by atoms with van der Waals surface area (Å²) in [7, 11) is 3.00. The van der Waals surface area contributed by atoms with Gasteiger partial charge in [-0.2, -0.15) is 0 Å². The number of rotatable bonds is 8. The fourth-order valence-electron chi connectivity index (χ4n) is 2.40. The van der Waals surface area contributed by atoms with E-state index in [1.807, 2.05) is 0 Å². The first-order chi connectivity index (χ1) is 13.0. The van der Waals surface area contributed by atoms with Crippen molar-refractivity contribution in [1.82, 2.24) is 0 Å². The molecular weight excluding hydrogens is 352 g/mol. The molecule has 0 heterocycles. The van der Waals surface area contributed by atoms with Gasteiger partial charge in [-0.15, -0.1) is 0 Å². The summed E-state index contributed by atoms with van der Waals surface area (Å²) < 4.78 is 10.3. The number of carboxylic acid groups (broad SMARTS) is 1. The van der Waals surface area contributed by atoms with Gasteiger partial charge in [-0.3, -0.25) is 9.59 Å². The molecule has 0 aliphatic rings. The van der Waals surface area contributed by atoms with E-state index in [-0.39, 0.29) is 24.5 Å². The van der Waals surface area contributed by atoms with Gasteiger partial charge in [0.1, 0.15) is 0 Å². The minimum atomic E-state index is -0.977.